The van der Waals surface area contributed by atoms with Crippen molar-refractivity contribution in [3.05, 3.63) is 30.1 Å². The van der Waals surface area contributed by atoms with E-state index in [4.69, 9.17) is 5.73 Å². The molecule has 2 nitrogen and oxygen atoms in total. The molecular formula is C10H16N2. The molecule has 0 spiro atoms. The first-order valence-corrected chi connectivity index (χ1v) is 4.35. The summed E-state index contributed by atoms with van der Waals surface area (Å²) in [7, 11) is 0. The molecule has 2 atom stereocenters. The second kappa shape index (κ2) is 4.21. The highest BCUT2D eigenvalue weighted by molar-refractivity contribution is 5.15. The van der Waals surface area contributed by atoms with E-state index in [9.17, 15) is 0 Å². The second-order valence-electron chi connectivity index (χ2n) is 3.28. The molecular weight excluding hydrogens is 148 g/mol. The van der Waals surface area contributed by atoms with Crippen LogP contribution in [0.2, 0.25) is 0 Å². The lowest BCUT2D eigenvalue weighted by atomic mass is 9.90. The van der Waals surface area contributed by atoms with Crippen LogP contribution in [0.5, 0.6) is 0 Å². The first-order chi connectivity index (χ1) is 5.75. The van der Waals surface area contributed by atoms with Crippen molar-refractivity contribution in [1.82, 2.24) is 4.98 Å². The number of nitrogens with two attached hydrogens (primary N) is 1. The lowest BCUT2D eigenvalue weighted by Gasteiger charge is -2.17. The maximum absolute atomic E-state index is 5.59. The topological polar surface area (TPSA) is 38.9 Å². The molecule has 1 rings (SSSR count). The average Bonchev–Trinajstić information content (AvgIpc) is 2.17. The van der Waals surface area contributed by atoms with Gasteiger partial charge in [0, 0.05) is 12.4 Å². The van der Waals surface area contributed by atoms with Crippen LogP contribution in [0.3, 0.4) is 0 Å². The van der Waals surface area contributed by atoms with E-state index >= 15 is 0 Å². The van der Waals surface area contributed by atoms with Crippen LogP contribution in [-0.4, -0.2) is 11.5 Å². The number of hydrogen-bond donors (Lipinski definition) is 1. The molecule has 0 saturated carbocycles. The molecule has 0 aliphatic rings. The van der Waals surface area contributed by atoms with Crippen LogP contribution < -0.4 is 5.73 Å². The van der Waals surface area contributed by atoms with Crippen molar-refractivity contribution in [1.29, 1.82) is 0 Å². The number of hydrogen-bond acceptors (Lipinski definition) is 2. The maximum Gasteiger partial charge on any atom is 0.0270 e. The molecule has 2 heteroatoms. The molecule has 0 saturated heterocycles. The van der Waals surface area contributed by atoms with Crippen molar-refractivity contribution in [2.75, 3.05) is 6.54 Å². The van der Waals surface area contributed by atoms with Crippen molar-refractivity contribution in [3.8, 4) is 0 Å². The Hall–Kier alpha value is -0.890. The Kier molecular flexibility index (Phi) is 3.23. The summed E-state index contributed by atoms with van der Waals surface area (Å²) in [5.41, 5.74) is 6.92. The van der Waals surface area contributed by atoms with E-state index < -0.39 is 0 Å². The SMILES string of the molecule is CC(CN)C(C)c1ccncc1. The second-order valence-corrected chi connectivity index (χ2v) is 3.28. The minimum Gasteiger partial charge on any atom is -0.330 e. The normalized spacial score (nSPS) is 15.6. The Morgan fingerprint density at radius 2 is 1.92 bits per heavy atom. The van der Waals surface area contributed by atoms with Gasteiger partial charge in [0.25, 0.3) is 0 Å². The maximum atomic E-state index is 5.59. The average molecular weight is 164 g/mol. The first kappa shape index (κ1) is 9.20. The van der Waals surface area contributed by atoms with Gasteiger partial charge in [0.2, 0.25) is 0 Å². The quantitative estimate of drug-likeness (QED) is 0.739. The summed E-state index contributed by atoms with van der Waals surface area (Å²) >= 11 is 0. The highest BCUT2D eigenvalue weighted by atomic mass is 14.6. The predicted molar refractivity (Wildman–Crippen MR) is 50.9 cm³/mol. The van der Waals surface area contributed by atoms with Gasteiger partial charge in [-0.25, -0.2) is 0 Å². The van der Waals surface area contributed by atoms with Crippen LogP contribution in [0, 0.1) is 5.92 Å². The summed E-state index contributed by atoms with van der Waals surface area (Å²) in [5.74, 6) is 1.06. The van der Waals surface area contributed by atoms with Gasteiger partial charge in [-0.05, 0) is 36.1 Å². The van der Waals surface area contributed by atoms with Gasteiger partial charge in [-0.1, -0.05) is 13.8 Å². The van der Waals surface area contributed by atoms with Crippen LogP contribution >= 0.6 is 0 Å². The van der Waals surface area contributed by atoms with E-state index in [1.165, 1.54) is 5.56 Å². The van der Waals surface area contributed by atoms with Crippen LogP contribution in [0.1, 0.15) is 25.3 Å². The monoisotopic (exact) mass is 164 g/mol. The molecule has 1 heterocycles. The van der Waals surface area contributed by atoms with E-state index in [0.717, 1.165) is 6.54 Å². The summed E-state index contributed by atoms with van der Waals surface area (Å²) in [4.78, 5) is 3.98. The minimum absolute atomic E-state index is 0.526. The molecule has 1 aromatic rings. The van der Waals surface area contributed by atoms with Crippen molar-refractivity contribution in [2.24, 2.45) is 11.7 Å². The first-order valence-electron chi connectivity index (χ1n) is 4.35. The number of nitrogens with zero attached hydrogens (tertiary/aromatic N) is 1. The summed E-state index contributed by atoms with van der Waals surface area (Å²) in [6, 6.07) is 4.10. The van der Waals surface area contributed by atoms with Gasteiger partial charge in [-0.3, -0.25) is 4.98 Å². The molecule has 0 bridgehead atoms. The highest BCUT2D eigenvalue weighted by Gasteiger charge is 2.11. The van der Waals surface area contributed by atoms with Gasteiger partial charge in [-0.15, -0.1) is 0 Å². The number of rotatable bonds is 3. The standard InChI is InChI=1S/C10H16N2/c1-8(7-11)9(2)10-3-5-12-6-4-10/h3-6,8-9H,7,11H2,1-2H3. The lowest BCUT2D eigenvalue weighted by molar-refractivity contribution is 0.498. The Labute approximate surface area is 73.8 Å². The Morgan fingerprint density at radius 3 is 2.42 bits per heavy atom. The van der Waals surface area contributed by atoms with E-state index in [1.807, 2.05) is 12.4 Å². The van der Waals surface area contributed by atoms with Crippen molar-refractivity contribution >= 4 is 0 Å². The molecule has 2 unspecified atom stereocenters. The molecule has 0 fully saturated rings. The van der Waals surface area contributed by atoms with E-state index in [2.05, 4.69) is 31.0 Å². The summed E-state index contributed by atoms with van der Waals surface area (Å²) in [6.07, 6.45) is 3.66. The van der Waals surface area contributed by atoms with Gasteiger partial charge in [0.15, 0.2) is 0 Å². The predicted octanol–water partition coefficient (Wildman–Crippen LogP) is 1.78. The molecule has 0 aliphatic heterocycles. The fraction of sp³-hybridized carbons (Fsp3) is 0.500. The van der Waals surface area contributed by atoms with Crippen molar-refractivity contribution in [3.63, 3.8) is 0 Å². The van der Waals surface area contributed by atoms with Gasteiger partial charge in [0.1, 0.15) is 0 Å². The summed E-state index contributed by atoms with van der Waals surface area (Å²) < 4.78 is 0. The smallest absolute Gasteiger partial charge is 0.0270 e. The molecule has 1 aromatic heterocycles. The van der Waals surface area contributed by atoms with Crippen molar-refractivity contribution < 1.29 is 0 Å². The molecule has 0 aromatic carbocycles. The number of aromatic nitrogens is 1. The Balaban J connectivity index is 2.71. The fourth-order valence-electron chi connectivity index (χ4n) is 1.20. The van der Waals surface area contributed by atoms with Gasteiger partial charge in [-0.2, -0.15) is 0 Å². The molecule has 0 amide bonds. The fourth-order valence-corrected chi connectivity index (χ4v) is 1.20. The van der Waals surface area contributed by atoms with Crippen LogP contribution in [0.4, 0.5) is 0 Å². The van der Waals surface area contributed by atoms with E-state index in [1.54, 1.807) is 0 Å². The Bertz CT molecular complexity index is 221. The van der Waals surface area contributed by atoms with Gasteiger partial charge < -0.3 is 5.73 Å². The van der Waals surface area contributed by atoms with Gasteiger partial charge in [0.05, 0.1) is 0 Å². The Morgan fingerprint density at radius 1 is 1.33 bits per heavy atom. The zero-order chi connectivity index (χ0) is 8.97. The minimum atomic E-state index is 0.526. The summed E-state index contributed by atoms with van der Waals surface area (Å²) in [6.45, 7) is 5.11. The third-order valence-electron chi connectivity index (χ3n) is 2.46. The molecule has 2 N–H and O–H groups in total. The molecule has 0 aliphatic carbocycles. The van der Waals surface area contributed by atoms with E-state index in [0.29, 0.717) is 11.8 Å². The van der Waals surface area contributed by atoms with Crippen LogP contribution in [-0.2, 0) is 0 Å². The molecule has 66 valence electrons. The van der Waals surface area contributed by atoms with Crippen LogP contribution in [0.25, 0.3) is 0 Å². The highest BCUT2D eigenvalue weighted by Crippen LogP contribution is 2.21. The van der Waals surface area contributed by atoms with Crippen LogP contribution in [0.15, 0.2) is 24.5 Å². The largest absolute Gasteiger partial charge is 0.330 e. The third-order valence-corrected chi connectivity index (χ3v) is 2.46. The molecule has 0 radical (unpaired) electrons. The zero-order valence-electron chi connectivity index (χ0n) is 7.70. The zero-order valence-corrected chi connectivity index (χ0v) is 7.70. The third kappa shape index (κ3) is 2.05. The lowest BCUT2D eigenvalue weighted by Crippen LogP contribution is -2.16. The van der Waals surface area contributed by atoms with E-state index in [-0.39, 0.29) is 0 Å². The number of pyridine rings is 1. The van der Waals surface area contributed by atoms with Crippen molar-refractivity contribution in [2.45, 2.75) is 19.8 Å². The summed E-state index contributed by atoms with van der Waals surface area (Å²) in [5, 5.41) is 0. The van der Waals surface area contributed by atoms with Gasteiger partial charge >= 0.3 is 0 Å². The molecule has 12 heavy (non-hydrogen) atoms.